The normalized spacial score (nSPS) is 15.2. The first-order valence-corrected chi connectivity index (χ1v) is 9.98. The molecule has 2 heterocycles. The van der Waals surface area contributed by atoms with E-state index in [0.717, 1.165) is 11.1 Å². The number of ether oxygens (including phenoxy) is 1. The third-order valence-electron chi connectivity index (χ3n) is 4.17. The van der Waals surface area contributed by atoms with E-state index in [1.807, 2.05) is 30.3 Å². The van der Waals surface area contributed by atoms with Crippen molar-refractivity contribution in [3.8, 4) is 5.75 Å². The topological polar surface area (TPSA) is 59.8 Å². The predicted molar refractivity (Wildman–Crippen MR) is 115 cm³/mol. The van der Waals surface area contributed by atoms with Gasteiger partial charge in [-0.25, -0.2) is 4.79 Å². The van der Waals surface area contributed by atoms with Crippen LogP contribution in [0.2, 0.25) is 0 Å². The summed E-state index contributed by atoms with van der Waals surface area (Å²) in [6.45, 7) is 0.449. The average molecular weight is 421 g/mol. The highest BCUT2D eigenvalue weighted by molar-refractivity contribution is 8.26. The maximum atomic E-state index is 12.7. The van der Waals surface area contributed by atoms with Crippen LogP contribution in [0.25, 0.3) is 6.08 Å². The zero-order valence-electron chi connectivity index (χ0n) is 15.1. The summed E-state index contributed by atoms with van der Waals surface area (Å²) in [4.78, 5) is 26.8. The number of hydrogen-bond acceptors (Lipinski definition) is 6. The molecule has 0 bridgehead atoms. The van der Waals surface area contributed by atoms with E-state index >= 15 is 0 Å². The quantitative estimate of drug-likeness (QED) is 0.253. The number of nitrogens with zero attached hydrogens (tertiary/aromatic N) is 1. The summed E-state index contributed by atoms with van der Waals surface area (Å²) in [6.07, 6.45) is 3.19. The first kappa shape index (κ1) is 19.2. The third kappa shape index (κ3) is 4.47. The second-order valence-corrected chi connectivity index (χ2v) is 7.87. The molecule has 4 rings (SSSR count). The number of thioether (sulfide) groups is 1. The lowest BCUT2D eigenvalue weighted by Crippen LogP contribution is -2.27. The van der Waals surface area contributed by atoms with E-state index in [1.54, 1.807) is 41.3 Å². The van der Waals surface area contributed by atoms with Gasteiger partial charge in [0.1, 0.15) is 10.1 Å². The molecule has 7 heteroatoms. The van der Waals surface area contributed by atoms with Gasteiger partial charge in [0.2, 0.25) is 5.76 Å². The molecule has 0 unspecified atom stereocenters. The van der Waals surface area contributed by atoms with Gasteiger partial charge in [0.25, 0.3) is 5.91 Å². The lowest BCUT2D eigenvalue weighted by atomic mass is 10.2. The van der Waals surface area contributed by atoms with Crippen molar-refractivity contribution in [2.45, 2.75) is 6.54 Å². The van der Waals surface area contributed by atoms with Gasteiger partial charge < -0.3 is 9.15 Å². The summed E-state index contributed by atoms with van der Waals surface area (Å²) in [7, 11) is 0. The van der Waals surface area contributed by atoms with Gasteiger partial charge in [-0.1, -0.05) is 66.4 Å². The van der Waals surface area contributed by atoms with Crippen molar-refractivity contribution < 1.29 is 18.7 Å². The minimum absolute atomic E-state index is 0.114. The molecule has 1 aliphatic heterocycles. The zero-order valence-corrected chi connectivity index (χ0v) is 16.7. The molecular formula is C22H15NO4S2. The fourth-order valence-electron chi connectivity index (χ4n) is 2.74. The van der Waals surface area contributed by atoms with Crippen LogP contribution in [-0.2, 0) is 11.3 Å². The first-order valence-electron chi connectivity index (χ1n) is 8.75. The Kier molecular flexibility index (Phi) is 5.59. The molecule has 5 nitrogen and oxygen atoms in total. The van der Waals surface area contributed by atoms with Crippen LogP contribution in [-0.4, -0.2) is 21.1 Å². The van der Waals surface area contributed by atoms with Gasteiger partial charge in [-0.05, 0) is 41.5 Å². The molecule has 29 heavy (non-hydrogen) atoms. The van der Waals surface area contributed by atoms with Gasteiger partial charge in [0.15, 0.2) is 0 Å². The van der Waals surface area contributed by atoms with E-state index in [1.165, 1.54) is 24.1 Å². The SMILES string of the molecule is O=C(Oc1ccc(C=C2SC(=S)N(Cc3ccccc3)C2=O)cc1)c1ccco1. The molecule has 0 saturated carbocycles. The minimum Gasteiger partial charge on any atom is -0.457 e. The molecule has 1 saturated heterocycles. The molecule has 0 spiro atoms. The van der Waals surface area contributed by atoms with Gasteiger partial charge in [-0.2, -0.15) is 0 Å². The lowest BCUT2D eigenvalue weighted by molar-refractivity contribution is -0.122. The van der Waals surface area contributed by atoms with E-state index in [0.29, 0.717) is 21.5 Å². The predicted octanol–water partition coefficient (Wildman–Crippen LogP) is 4.90. The van der Waals surface area contributed by atoms with Crippen molar-refractivity contribution in [2.24, 2.45) is 0 Å². The molecule has 0 aliphatic carbocycles. The highest BCUT2D eigenvalue weighted by Gasteiger charge is 2.31. The third-order valence-corrected chi connectivity index (χ3v) is 5.55. The van der Waals surface area contributed by atoms with E-state index in [2.05, 4.69) is 0 Å². The Bertz CT molecular complexity index is 1070. The van der Waals surface area contributed by atoms with Crippen molar-refractivity contribution in [1.82, 2.24) is 4.90 Å². The molecule has 3 aromatic rings. The smallest absolute Gasteiger partial charge is 0.379 e. The number of hydrogen-bond donors (Lipinski definition) is 0. The molecular weight excluding hydrogens is 406 g/mol. The Morgan fingerprint density at radius 2 is 1.83 bits per heavy atom. The highest BCUT2D eigenvalue weighted by atomic mass is 32.2. The Morgan fingerprint density at radius 3 is 2.52 bits per heavy atom. The average Bonchev–Trinajstić information content (AvgIpc) is 3.35. The van der Waals surface area contributed by atoms with Crippen molar-refractivity contribution in [3.63, 3.8) is 0 Å². The van der Waals surface area contributed by atoms with Crippen LogP contribution in [0.1, 0.15) is 21.7 Å². The summed E-state index contributed by atoms with van der Waals surface area (Å²) < 4.78 is 10.8. The monoisotopic (exact) mass is 421 g/mol. The number of esters is 1. The molecule has 0 N–H and O–H groups in total. The lowest BCUT2D eigenvalue weighted by Gasteiger charge is -2.14. The molecule has 1 aromatic heterocycles. The number of amides is 1. The first-order chi connectivity index (χ1) is 14.1. The number of benzene rings is 2. The Balaban J connectivity index is 1.44. The fraction of sp³-hybridized carbons (Fsp3) is 0.0455. The summed E-state index contributed by atoms with van der Waals surface area (Å²) in [5, 5.41) is 0. The largest absolute Gasteiger partial charge is 0.457 e. The Labute approximate surface area is 177 Å². The van der Waals surface area contributed by atoms with Crippen LogP contribution >= 0.6 is 24.0 Å². The summed E-state index contributed by atoms with van der Waals surface area (Å²) in [6, 6.07) is 19.8. The van der Waals surface area contributed by atoms with Crippen LogP contribution in [0.5, 0.6) is 5.75 Å². The second kappa shape index (κ2) is 8.46. The Morgan fingerprint density at radius 1 is 1.07 bits per heavy atom. The van der Waals surface area contributed by atoms with Gasteiger partial charge in [-0.15, -0.1) is 0 Å². The van der Waals surface area contributed by atoms with E-state index in [4.69, 9.17) is 21.4 Å². The number of carbonyl (C=O) groups is 2. The fourth-order valence-corrected chi connectivity index (χ4v) is 3.99. The minimum atomic E-state index is -0.565. The number of rotatable bonds is 5. The van der Waals surface area contributed by atoms with Crippen LogP contribution in [0.4, 0.5) is 0 Å². The molecule has 0 atom stereocenters. The Hall–Kier alpha value is -3.16. The van der Waals surface area contributed by atoms with Crippen LogP contribution < -0.4 is 4.74 Å². The summed E-state index contributed by atoms with van der Waals surface area (Å²) in [5.41, 5.74) is 1.83. The van der Waals surface area contributed by atoms with Crippen LogP contribution in [0.3, 0.4) is 0 Å². The molecule has 1 aliphatic rings. The van der Waals surface area contributed by atoms with Gasteiger partial charge in [0, 0.05) is 0 Å². The van der Waals surface area contributed by atoms with Gasteiger partial charge in [0.05, 0.1) is 17.7 Å². The van der Waals surface area contributed by atoms with Crippen molar-refractivity contribution >= 4 is 46.3 Å². The van der Waals surface area contributed by atoms with Crippen molar-refractivity contribution in [3.05, 3.63) is 94.8 Å². The molecule has 1 amide bonds. The van der Waals surface area contributed by atoms with E-state index in [-0.39, 0.29) is 11.7 Å². The van der Waals surface area contributed by atoms with Crippen molar-refractivity contribution in [2.75, 3.05) is 0 Å². The maximum Gasteiger partial charge on any atom is 0.379 e. The molecule has 0 radical (unpaired) electrons. The molecule has 1 fully saturated rings. The van der Waals surface area contributed by atoms with Gasteiger partial charge in [-0.3, -0.25) is 9.69 Å². The highest BCUT2D eigenvalue weighted by Crippen LogP contribution is 2.33. The molecule has 2 aromatic carbocycles. The number of thiocarbonyl (C=S) groups is 1. The standard InChI is InChI=1S/C22H15NO4S2/c24-20-19(29-22(28)23(20)14-16-5-2-1-3-6-16)13-15-8-10-17(11-9-15)27-21(25)18-7-4-12-26-18/h1-13H,14H2. The number of furan rings is 1. The van der Waals surface area contributed by atoms with Crippen LogP contribution in [0.15, 0.2) is 82.3 Å². The van der Waals surface area contributed by atoms with Gasteiger partial charge >= 0.3 is 5.97 Å². The zero-order chi connectivity index (χ0) is 20.2. The second-order valence-electron chi connectivity index (χ2n) is 6.19. The van der Waals surface area contributed by atoms with Crippen LogP contribution in [0, 0.1) is 0 Å². The molecule has 144 valence electrons. The number of carbonyl (C=O) groups excluding carboxylic acids is 2. The van der Waals surface area contributed by atoms with E-state index in [9.17, 15) is 9.59 Å². The van der Waals surface area contributed by atoms with Crippen molar-refractivity contribution in [1.29, 1.82) is 0 Å². The summed E-state index contributed by atoms with van der Waals surface area (Å²) >= 11 is 6.66. The maximum absolute atomic E-state index is 12.7. The van der Waals surface area contributed by atoms with E-state index < -0.39 is 5.97 Å². The summed E-state index contributed by atoms with van der Waals surface area (Å²) in [5.74, 6) is -0.155.